The van der Waals surface area contributed by atoms with Crippen LogP contribution >= 0.6 is 0 Å². The van der Waals surface area contributed by atoms with Crippen LogP contribution < -0.4 is 20.5 Å². The van der Waals surface area contributed by atoms with E-state index in [9.17, 15) is 14.7 Å². The molecule has 174 valence electrons. The molecule has 0 radical (unpaired) electrons. The van der Waals surface area contributed by atoms with E-state index in [1.807, 2.05) is 24.8 Å². The van der Waals surface area contributed by atoms with Crippen LogP contribution in [0.15, 0.2) is 29.1 Å². The Bertz CT molecular complexity index is 1250. The molecule has 0 bridgehead atoms. The summed E-state index contributed by atoms with van der Waals surface area (Å²) in [7, 11) is 1.52. The highest BCUT2D eigenvalue weighted by atomic mass is 16.5. The molecule has 0 spiro atoms. The Morgan fingerprint density at radius 2 is 2.03 bits per heavy atom. The number of hydrogen-bond acceptors (Lipinski definition) is 7. The van der Waals surface area contributed by atoms with Gasteiger partial charge in [-0.15, -0.1) is 0 Å². The molecule has 0 saturated carbocycles. The first-order chi connectivity index (χ1) is 15.9. The zero-order valence-corrected chi connectivity index (χ0v) is 19.0. The molecule has 3 N–H and O–H groups in total. The molecule has 4 rings (SSSR count). The minimum Gasteiger partial charge on any atom is -0.494 e. The summed E-state index contributed by atoms with van der Waals surface area (Å²) in [6.07, 6.45) is 0.642. The van der Waals surface area contributed by atoms with Crippen LogP contribution in [0.4, 0.5) is 11.5 Å². The van der Waals surface area contributed by atoms with Crippen LogP contribution in [0.25, 0.3) is 10.9 Å². The normalized spacial score (nSPS) is 13.9. The number of fused-ring (bicyclic) bond motifs is 1. The van der Waals surface area contributed by atoms with E-state index in [1.165, 1.54) is 13.2 Å². The summed E-state index contributed by atoms with van der Waals surface area (Å²) >= 11 is 0. The van der Waals surface area contributed by atoms with E-state index < -0.39 is 0 Å². The Morgan fingerprint density at radius 1 is 1.27 bits per heavy atom. The molecular weight excluding hydrogens is 424 g/mol. The molecule has 0 atom stereocenters. The molecule has 3 aromatic rings. The van der Waals surface area contributed by atoms with Crippen LogP contribution in [0.3, 0.4) is 0 Å². The molecule has 1 fully saturated rings. The first kappa shape index (κ1) is 22.8. The molecule has 1 amide bonds. The summed E-state index contributed by atoms with van der Waals surface area (Å²) in [5.74, 6) is 0.678. The summed E-state index contributed by atoms with van der Waals surface area (Å²) in [4.78, 5) is 34.8. The van der Waals surface area contributed by atoms with Gasteiger partial charge in [-0.25, -0.2) is 4.98 Å². The molecule has 2 aromatic heterocycles. The lowest BCUT2D eigenvalue weighted by Gasteiger charge is -2.30. The largest absolute Gasteiger partial charge is 0.494 e. The van der Waals surface area contributed by atoms with Gasteiger partial charge in [0.05, 0.1) is 43.7 Å². The maximum absolute atomic E-state index is 13.4. The maximum Gasteiger partial charge on any atom is 0.259 e. The van der Waals surface area contributed by atoms with Crippen LogP contribution in [0.1, 0.15) is 34.1 Å². The molecule has 0 aliphatic carbocycles. The van der Waals surface area contributed by atoms with Gasteiger partial charge in [0.1, 0.15) is 11.6 Å². The summed E-state index contributed by atoms with van der Waals surface area (Å²) in [6.45, 7) is 5.92. The first-order valence-electron chi connectivity index (χ1n) is 10.9. The monoisotopic (exact) mass is 452 g/mol. The van der Waals surface area contributed by atoms with Crippen molar-refractivity contribution in [1.29, 1.82) is 0 Å². The highest BCUT2D eigenvalue weighted by Gasteiger charge is 2.23. The van der Waals surface area contributed by atoms with Gasteiger partial charge in [0.25, 0.3) is 5.91 Å². The third-order valence-electron chi connectivity index (χ3n) is 5.86. The Labute approximate surface area is 191 Å². The number of morpholine rings is 1. The second-order valence-electron chi connectivity index (χ2n) is 7.95. The number of aliphatic hydroxyl groups is 1. The number of aryl methyl sites for hydroxylation is 2. The summed E-state index contributed by atoms with van der Waals surface area (Å²) in [6, 6.07) is 6.81. The lowest BCUT2D eigenvalue weighted by Crippen LogP contribution is -2.38. The molecule has 1 saturated heterocycles. The van der Waals surface area contributed by atoms with E-state index in [0.717, 1.165) is 16.5 Å². The number of anilines is 2. The van der Waals surface area contributed by atoms with Gasteiger partial charge in [0, 0.05) is 36.3 Å². The zero-order valence-electron chi connectivity index (χ0n) is 19.0. The van der Waals surface area contributed by atoms with E-state index in [-0.39, 0.29) is 18.1 Å². The number of nitrogens with zero attached hydrogens (tertiary/aromatic N) is 2. The van der Waals surface area contributed by atoms with Gasteiger partial charge in [0.2, 0.25) is 5.56 Å². The predicted octanol–water partition coefficient (Wildman–Crippen LogP) is 2.38. The van der Waals surface area contributed by atoms with Gasteiger partial charge >= 0.3 is 0 Å². The molecule has 33 heavy (non-hydrogen) atoms. The predicted molar refractivity (Wildman–Crippen MR) is 126 cm³/mol. The number of H-pyrrole nitrogens is 1. The van der Waals surface area contributed by atoms with Gasteiger partial charge in [-0.05, 0) is 36.6 Å². The standard InChI is InChI=1S/C24H28N4O5/c1-4-15-10-18(23(26-19(15)13-29)28-5-7-33-8-6-28)24(31)25-16-11-17-14(2)9-21(30)27-22(17)20(12-16)32-3/h9-12,29H,4-8,13H2,1-3H3,(H,25,31)(H,27,30). The van der Waals surface area contributed by atoms with E-state index in [0.29, 0.717) is 66.8 Å². The fourth-order valence-electron chi connectivity index (χ4n) is 4.13. The van der Waals surface area contributed by atoms with Crippen molar-refractivity contribution >= 4 is 28.3 Å². The molecule has 1 aliphatic rings. The average molecular weight is 453 g/mol. The van der Waals surface area contributed by atoms with Crippen molar-refractivity contribution in [2.24, 2.45) is 0 Å². The van der Waals surface area contributed by atoms with Crippen LogP contribution in [-0.4, -0.2) is 54.4 Å². The van der Waals surface area contributed by atoms with E-state index in [1.54, 1.807) is 12.1 Å². The van der Waals surface area contributed by atoms with Crippen molar-refractivity contribution < 1.29 is 19.4 Å². The number of hydrogen-bond donors (Lipinski definition) is 3. The second-order valence-corrected chi connectivity index (χ2v) is 7.95. The lowest BCUT2D eigenvalue weighted by atomic mass is 10.1. The molecule has 0 unspecified atom stereocenters. The second kappa shape index (κ2) is 9.60. The Balaban J connectivity index is 1.76. The van der Waals surface area contributed by atoms with Crippen LogP contribution in [0.2, 0.25) is 0 Å². The molecule has 9 heteroatoms. The van der Waals surface area contributed by atoms with Crippen LogP contribution in [0.5, 0.6) is 5.75 Å². The van der Waals surface area contributed by atoms with E-state index in [2.05, 4.69) is 15.3 Å². The number of benzene rings is 1. The number of aliphatic hydroxyl groups excluding tert-OH is 1. The van der Waals surface area contributed by atoms with Crippen molar-refractivity contribution in [2.75, 3.05) is 43.6 Å². The Hall–Kier alpha value is -3.43. The van der Waals surface area contributed by atoms with Crippen molar-refractivity contribution in [3.05, 3.63) is 57.0 Å². The number of aromatic nitrogens is 2. The fraction of sp³-hybridized carbons (Fsp3) is 0.375. The summed E-state index contributed by atoms with van der Waals surface area (Å²) in [5, 5.41) is 13.5. The third-order valence-corrected chi connectivity index (χ3v) is 5.86. The fourth-order valence-corrected chi connectivity index (χ4v) is 4.13. The van der Waals surface area contributed by atoms with Gasteiger partial charge < -0.3 is 29.8 Å². The number of pyridine rings is 2. The van der Waals surface area contributed by atoms with E-state index in [4.69, 9.17) is 9.47 Å². The summed E-state index contributed by atoms with van der Waals surface area (Å²) in [5.41, 5.74) is 3.51. The number of carbonyl (C=O) groups is 1. The Morgan fingerprint density at radius 3 is 2.70 bits per heavy atom. The number of amides is 1. The molecule has 1 aliphatic heterocycles. The average Bonchev–Trinajstić information content (AvgIpc) is 2.83. The van der Waals surface area contributed by atoms with Crippen molar-refractivity contribution in [3.63, 3.8) is 0 Å². The minimum atomic E-state index is -0.313. The highest BCUT2D eigenvalue weighted by Crippen LogP contribution is 2.31. The first-order valence-corrected chi connectivity index (χ1v) is 10.9. The SMILES string of the molecule is CCc1cc(C(=O)Nc2cc(OC)c3[nH]c(=O)cc(C)c3c2)c(N2CCOCC2)nc1CO. The van der Waals surface area contributed by atoms with E-state index >= 15 is 0 Å². The van der Waals surface area contributed by atoms with Crippen molar-refractivity contribution in [1.82, 2.24) is 9.97 Å². The van der Waals surface area contributed by atoms with Crippen molar-refractivity contribution in [3.8, 4) is 5.75 Å². The number of nitrogens with one attached hydrogen (secondary N) is 2. The van der Waals surface area contributed by atoms with Gasteiger partial charge in [-0.3, -0.25) is 9.59 Å². The smallest absolute Gasteiger partial charge is 0.259 e. The lowest BCUT2D eigenvalue weighted by molar-refractivity contribution is 0.102. The zero-order chi connectivity index (χ0) is 23.5. The van der Waals surface area contributed by atoms with Crippen LogP contribution in [0, 0.1) is 6.92 Å². The number of methoxy groups -OCH3 is 1. The number of ether oxygens (including phenoxy) is 2. The topological polar surface area (TPSA) is 117 Å². The number of carbonyl (C=O) groups excluding carboxylic acids is 1. The Kier molecular flexibility index (Phi) is 6.62. The molecule has 3 heterocycles. The van der Waals surface area contributed by atoms with Gasteiger partial charge in [-0.1, -0.05) is 6.92 Å². The quantitative estimate of drug-likeness (QED) is 0.526. The summed E-state index contributed by atoms with van der Waals surface area (Å²) < 4.78 is 10.9. The molecule has 1 aromatic carbocycles. The molecular formula is C24H28N4O5. The highest BCUT2D eigenvalue weighted by molar-refractivity contribution is 6.09. The number of aromatic amines is 1. The van der Waals surface area contributed by atoms with Gasteiger partial charge in [0.15, 0.2) is 0 Å². The maximum atomic E-state index is 13.4. The molecule has 9 nitrogen and oxygen atoms in total. The third kappa shape index (κ3) is 4.55. The van der Waals surface area contributed by atoms with Crippen molar-refractivity contribution in [2.45, 2.75) is 26.9 Å². The minimum absolute atomic E-state index is 0.193. The van der Waals surface area contributed by atoms with Crippen LogP contribution in [-0.2, 0) is 17.8 Å². The van der Waals surface area contributed by atoms with Gasteiger partial charge in [-0.2, -0.15) is 0 Å². The number of rotatable bonds is 6.